The van der Waals surface area contributed by atoms with E-state index in [-0.39, 0.29) is 21.3 Å². The summed E-state index contributed by atoms with van der Waals surface area (Å²) >= 11 is 11.5. The van der Waals surface area contributed by atoms with Crippen molar-refractivity contribution < 1.29 is 23.1 Å². The molecule has 0 bridgehead atoms. The van der Waals surface area contributed by atoms with Crippen molar-refractivity contribution in [3.05, 3.63) is 27.7 Å². The molecule has 0 atom stereocenters. The van der Waals surface area contributed by atoms with Crippen LogP contribution in [0, 0.1) is 0 Å². The number of hydrogen-bond acceptors (Lipinski definition) is 3. The van der Waals surface area contributed by atoms with E-state index in [4.69, 9.17) is 34.0 Å². The maximum atomic E-state index is 12.4. The van der Waals surface area contributed by atoms with Gasteiger partial charge in [0.15, 0.2) is 0 Å². The summed E-state index contributed by atoms with van der Waals surface area (Å²) in [5.41, 5.74) is 5.34. The van der Waals surface area contributed by atoms with E-state index in [1.807, 2.05) is 0 Å². The van der Waals surface area contributed by atoms with Crippen LogP contribution in [0.15, 0.2) is 12.1 Å². The van der Waals surface area contributed by atoms with Crippen molar-refractivity contribution in [2.24, 2.45) is 0 Å². The maximum Gasteiger partial charge on any atom is 0.406 e. The van der Waals surface area contributed by atoms with E-state index in [9.17, 15) is 18.0 Å². The third kappa shape index (κ3) is 4.43. The number of anilines is 1. The van der Waals surface area contributed by atoms with E-state index in [2.05, 4.69) is 0 Å². The van der Waals surface area contributed by atoms with Crippen molar-refractivity contribution in [1.29, 1.82) is 0 Å². The molecule has 0 aliphatic rings. The van der Waals surface area contributed by atoms with E-state index in [1.165, 1.54) is 6.07 Å². The molecular formula is C11H11Cl2F3N2O2. The van der Waals surface area contributed by atoms with Crippen LogP contribution < -0.4 is 5.73 Å². The van der Waals surface area contributed by atoms with Gasteiger partial charge in [0.1, 0.15) is 6.54 Å². The predicted octanol–water partition coefficient (Wildman–Crippen LogP) is 2.57. The molecule has 0 aliphatic carbocycles. The number of hydrogen-bond donors (Lipinski definition) is 2. The second kappa shape index (κ2) is 6.51. The van der Waals surface area contributed by atoms with Gasteiger partial charge in [-0.15, -0.1) is 0 Å². The van der Waals surface area contributed by atoms with Gasteiger partial charge in [-0.2, -0.15) is 13.2 Å². The zero-order chi connectivity index (χ0) is 15.5. The molecular weight excluding hydrogens is 320 g/mol. The zero-order valence-corrected chi connectivity index (χ0v) is 11.6. The average Bonchev–Trinajstić information content (AvgIpc) is 2.30. The SMILES string of the molecule is Nc1cc(Cl)c(Cl)c(C(=O)N(CCO)CC(F)(F)F)c1. The van der Waals surface area contributed by atoms with Crippen LogP contribution in [-0.4, -0.2) is 41.8 Å². The number of nitrogens with two attached hydrogens (primary N) is 1. The van der Waals surface area contributed by atoms with Gasteiger partial charge in [0.05, 0.1) is 22.2 Å². The summed E-state index contributed by atoms with van der Waals surface area (Å²) < 4.78 is 37.2. The number of nitrogen functional groups attached to an aromatic ring is 1. The number of amides is 1. The summed E-state index contributed by atoms with van der Waals surface area (Å²) in [6.07, 6.45) is -4.60. The lowest BCUT2D eigenvalue weighted by molar-refractivity contribution is -0.141. The highest BCUT2D eigenvalue weighted by molar-refractivity contribution is 6.44. The van der Waals surface area contributed by atoms with Crippen LogP contribution >= 0.6 is 23.2 Å². The van der Waals surface area contributed by atoms with Gasteiger partial charge in [0.25, 0.3) is 5.91 Å². The number of rotatable bonds is 4. The summed E-state index contributed by atoms with van der Waals surface area (Å²) in [6, 6.07) is 2.41. The van der Waals surface area contributed by atoms with Crippen LogP contribution in [0.5, 0.6) is 0 Å². The molecule has 9 heteroatoms. The normalized spacial score (nSPS) is 11.5. The fourth-order valence-corrected chi connectivity index (χ4v) is 1.94. The third-order valence-electron chi connectivity index (χ3n) is 2.31. The molecule has 0 aromatic heterocycles. The second-order valence-electron chi connectivity index (χ2n) is 3.93. The number of carbonyl (C=O) groups excluding carboxylic acids is 1. The molecule has 0 fully saturated rings. The van der Waals surface area contributed by atoms with Gasteiger partial charge < -0.3 is 15.7 Å². The first-order chi connectivity index (χ1) is 9.15. The first kappa shape index (κ1) is 16.9. The molecule has 1 rings (SSSR count). The van der Waals surface area contributed by atoms with E-state index in [0.29, 0.717) is 4.90 Å². The van der Waals surface area contributed by atoms with Crippen molar-refractivity contribution in [1.82, 2.24) is 4.90 Å². The molecule has 0 unspecified atom stereocenters. The molecule has 1 aromatic carbocycles. The molecule has 3 N–H and O–H groups in total. The maximum absolute atomic E-state index is 12.4. The van der Waals surface area contributed by atoms with Gasteiger partial charge >= 0.3 is 6.18 Å². The molecule has 112 valence electrons. The average molecular weight is 331 g/mol. The zero-order valence-electron chi connectivity index (χ0n) is 10.0. The van der Waals surface area contributed by atoms with Crippen molar-refractivity contribution in [3.8, 4) is 0 Å². The standard InChI is InChI=1S/C11H11Cl2F3N2O2/c12-8-4-6(17)3-7(9(8)13)10(20)18(1-2-19)5-11(14,15)16/h3-4,19H,1-2,5,17H2. The largest absolute Gasteiger partial charge is 0.406 e. The predicted molar refractivity (Wildman–Crippen MR) is 69.9 cm³/mol. The molecule has 1 aromatic rings. The summed E-state index contributed by atoms with van der Waals surface area (Å²) in [5, 5.41) is 8.54. The van der Waals surface area contributed by atoms with Crippen LogP contribution in [0.1, 0.15) is 10.4 Å². The van der Waals surface area contributed by atoms with Crippen molar-refractivity contribution >= 4 is 34.8 Å². The number of aliphatic hydroxyl groups excluding tert-OH is 1. The smallest absolute Gasteiger partial charge is 0.399 e. The Kier molecular flexibility index (Phi) is 5.50. The lowest BCUT2D eigenvalue weighted by Crippen LogP contribution is -2.40. The first-order valence-electron chi connectivity index (χ1n) is 5.37. The van der Waals surface area contributed by atoms with Crippen molar-refractivity contribution in [2.45, 2.75) is 6.18 Å². The van der Waals surface area contributed by atoms with E-state index in [0.717, 1.165) is 6.07 Å². The van der Waals surface area contributed by atoms with Gasteiger partial charge in [-0.05, 0) is 12.1 Å². The van der Waals surface area contributed by atoms with Crippen LogP contribution in [0.25, 0.3) is 0 Å². The van der Waals surface area contributed by atoms with E-state index in [1.54, 1.807) is 0 Å². The highest BCUT2D eigenvalue weighted by atomic mass is 35.5. The molecule has 0 saturated heterocycles. The number of halogens is 5. The Morgan fingerprint density at radius 2 is 1.95 bits per heavy atom. The summed E-state index contributed by atoms with van der Waals surface area (Å²) in [7, 11) is 0. The Balaban J connectivity index is 3.12. The quantitative estimate of drug-likeness (QED) is 0.834. The summed E-state index contributed by atoms with van der Waals surface area (Å²) in [5.74, 6) is -1.00. The number of aliphatic hydroxyl groups is 1. The fraction of sp³-hybridized carbons (Fsp3) is 0.364. The number of carbonyl (C=O) groups is 1. The summed E-state index contributed by atoms with van der Waals surface area (Å²) in [6.45, 7) is -2.61. The van der Waals surface area contributed by atoms with Gasteiger partial charge in [0.2, 0.25) is 0 Å². The Morgan fingerprint density at radius 3 is 2.45 bits per heavy atom. The molecule has 0 radical (unpaired) electrons. The Labute approximate surface area is 122 Å². The highest BCUT2D eigenvalue weighted by Crippen LogP contribution is 2.30. The Hall–Kier alpha value is -1.18. The third-order valence-corrected chi connectivity index (χ3v) is 3.11. The number of nitrogens with zero attached hydrogens (tertiary/aromatic N) is 1. The van der Waals surface area contributed by atoms with Gasteiger partial charge in [-0.3, -0.25) is 4.79 Å². The second-order valence-corrected chi connectivity index (χ2v) is 4.71. The minimum atomic E-state index is -4.60. The van der Waals surface area contributed by atoms with Crippen LogP contribution in [-0.2, 0) is 0 Å². The van der Waals surface area contributed by atoms with Crippen LogP contribution in [0.3, 0.4) is 0 Å². The Morgan fingerprint density at radius 1 is 1.35 bits per heavy atom. The van der Waals surface area contributed by atoms with E-state index < -0.39 is 31.8 Å². The van der Waals surface area contributed by atoms with Gasteiger partial charge in [-0.25, -0.2) is 0 Å². The van der Waals surface area contributed by atoms with Gasteiger partial charge in [-0.1, -0.05) is 23.2 Å². The van der Waals surface area contributed by atoms with E-state index >= 15 is 0 Å². The van der Waals surface area contributed by atoms with Crippen LogP contribution in [0.4, 0.5) is 18.9 Å². The fourth-order valence-electron chi connectivity index (χ4n) is 1.53. The molecule has 0 aliphatic heterocycles. The lowest BCUT2D eigenvalue weighted by atomic mass is 10.1. The topological polar surface area (TPSA) is 66.6 Å². The molecule has 0 heterocycles. The first-order valence-corrected chi connectivity index (χ1v) is 6.12. The number of alkyl halides is 3. The monoisotopic (exact) mass is 330 g/mol. The Bertz CT molecular complexity index is 509. The highest BCUT2D eigenvalue weighted by Gasteiger charge is 2.33. The molecule has 20 heavy (non-hydrogen) atoms. The van der Waals surface area contributed by atoms with Gasteiger partial charge in [0, 0.05) is 12.2 Å². The van der Waals surface area contributed by atoms with Crippen molar-refractivity contribution in [3.63, 3.8) is 0 Å². The van der Waals surface area contributed by atoms with Crippen molar-refractivity contribution in [2.75, 3.05) is 25.4 Å². The summed E-state index contributed by atoms with van der Waals surface area (Å²) in [4.78, 5) is 12.5. The molecule has 1 amide bonds. The molecule has 4 nitrogen and oxygen atoms in total. The minimum Gasteiger partial charge on any atom is -0.399 e. The lowest BCUT2D eigenvalue weighted by Gasteiger charge is -2.23. The minimum absolute atomic E-state index is 0.0361. The van der Waals surface area contributed by atoms with Crippen LogP contribution in [0.2, 0.25) is 10.0 Å². The molecule has 0 spiro atoms. The molecule has 0 saturated carbocycles. The number of benzene rings is 1.